The van der Waals surface area contributed by atoms with Gasteiger partial charge in [-0.2, -0.15) is 12.7 Å². The molecule has 2 amide bonds. The Morgan fingerprint density at radius 1 is 1.06 bits per heavy atom. The monoisotopic (exact) mass is 659 g/mol. The normalized spacial score (nSPS) is 27.4. The number of amides is 2. The van der Waals surface area contributed by atoms with Crippen molar-refractivity contribution in [3.63, 3.8) is 0 Å². The lowest BCUT2D eigenvalue weighted by atomic mass is 9.75. The number of hydrogen-bond acceptors (Lipinski definition) is 6. The van der Waals surface area contributed by atoms with Crippen LogP contribution in [0.2, 0.25) is 0 Å². The Balaban J connectivity index is 1.30. The maximum atomic E-state index is 14.8. The number of piperidine rings is 1. The van der Waals surface area contributed by atoms with Gasteiger partial charge in [-0.3, -0.25) is 9.59 Å². The third-order valence-corrected chi connectivity index (χ3v) is 13.1. The van der Waals surface area contributed by atoms with Crippen molar-refractivity contribution in [1.29, 1.82) is 0 Å². The number of aromatic nitrogens is 1. The van der Waals surface area contributed by atoms with Gasteiger partial charge in [0.2, 0.25) is 5.91 Å². The van der Waals surface area contributed by atoms with Gasteiger partial charge in [0.05, 0.1) is 24.1 Å². The summed E-state index contributed by atoms with van der Waals surface area (Å²) in [5.74, 6) is 0.672. The van der Waals surface area contributed by atoms with Crippen LogP contribution < -0.4 is 14.8 Å². The molecule has 1 aromatic heterocycles. The van der Waals surface area contributed by atoms with E-state index >= 15 is 0 Å². The first-order chi connectivity index (χ1) is 22.7. The number of carbonyl (C=O) groups excluding carboxylic acids is 2. The molecule has 3 fully saturated rings. The van der Waals surface area contributed by atoms with Gasteiger partial charge in [-0.15, -0.1) is 0 Å². The van der Waals surface area contributed by atoms with Crippen LogP contribution in [-0.2, 0) is 26.3 Å². The quantitative estimate of drug-likeness (QED) is 0.483. The number of nitrogens with zero attached hydrogens (tertiary/aromatic N) is 3. The predicted octanol–water partition coefficient (Wildman–Crippen LogP) is 4.11. The summed E-state index contributed by atoms with van der Waals surface area (Å²) in [6.45, 7) is 3.00. The van der Waals surface area contributed by atoms with E-state index < -0.39 is 16.1 Å². The Morgan fingerprint density at radius 3 is 2.64 bits per heavy atom. The fourth-order valence-electron chi connectivity index (χ4n) is 9.32. The molecule has 8 rings (SSSR count). The number of nitrogens with one attached hydrogen (secondary N) is 2. The minimum absolute atomic E-state index is 0.178. The number of methoxy groups -OCH3 is 1. The largest absolute Gasteiger partial charge is 0.496 e. The molecule has 10 nitrogen and oxygen atoms in total. The van der Waals surface area contributed by atoms with Gasteiger partial charge in [-0.25, -0.2) is 4.72 Å². The van der Waals surface area contributed by atoms with Crippen LogP contribution in [-0.4, -0.2) is 80.9 Å². The van der Waals surface area contributed by atoms with Crippen molar-refractivity contribution in [3.05, 3.63) is 63.9 Å². The summed E-state index contributed by atoms with van der Waals surface area (Å²) in [7, 11) is 0.534. The first kappa shape index (κ1) is 30.9. The van der Waals surface area contributed by atoms with E-state index in [2.05, 4.69) is 49.9 Å². The third-order valence-electron chi connectivity index (χ3n) is 11.7. The molecule has 1 saturated carbocycles. The Bertz CT molecular complexity index is 1860. The van der Waals surface area contributed by atoms with E-state index in [1.54, 1.807) is 7.11 Å². The van der Waals surface area contributed by atoms with Gasteiger partial charge >= 0.3 is 10.2 Å². The Morgan fingerprint density at radius 2 is 1.87 bits per heavy atom. The number of likely N-dealkylation sites (tertiary alicyclic amines) is 1. The smallest absolute Gasteiger partial charge is 0.303 e. The number of carbonyl (C=O) groups is 2. The summed E-state index contributed by atoms with van der Waals surface area (Å²) in [6, 6.07) is 6.75. The minimum Gasteiger partial charge on any atom is -0.496 e. The SMILES string of the molecule is COc1ccc(C2CCCCC2)c2c1cc1n2CC2=C(C(=O)NS(=O)(=O)N(C)C)C2=C2C=CC[C@@H](C(=O)N3CCC[C@@H]4CNC[C@@H]43)C21. The van der Waals surface area contributed by atoms with Gasteiger partial charge in [0.1, 0.15) is 5.75 Å². The van der Waals surface area contributed by atoms with Gasteiger partial charge < -0.3 is 19.5 Å². The second-order valence-electron chi connectivity index (χ2n) is 14.4. The molecule has 3 aliphatic heterocycles. The van der Waals surface area contributed by atoms with Crippen LogP contribution in [0.5, 0.6) is 5.75 Å². The summed E-state index contributed by atoms with van der Waals surface area (Å²) < 4.78 is 37.0. The van der Waals surface area contributed by atoms with Crippen molar-refractivity contribution in [2.24, 2.45) is 11.8 Å². The zero-order valence-electron chi connectivity index (χ0n) is 27.5. The lowest BCUT2D eigenvalue weighted by Crippen LogP contribution is -2.51. The van der Waals surface area contributed by atoms with E-state index in [0.717, 1.165) is 88.7 Å². The molecular formula is C36H45N5O5S. The van der Waals surface area contributed by atoms with E-state index in [-0.39, 0.29) is 23.8 Å². The van der Waals surface area contributed by atoms with Crippen molar-refractivity contribution < 1.29 is 22.7 Å². The number of allylic oxidation sites excluding steroid dienone is 4. The topological polar surface area (TPSA) is 113 Å². The first-order valence-electron chi connectivity index (χ1n) is 17.3. The second-order valence-corrected chi connectivity index (χ2v) is 16.3. The average molecular weight is 660 g/mol. The van der Waals surface area contributed by atoms with E-state index in [0.29, 0.717) is 30.4 Å². The van der Waals surface area contributed by atoms with Crippen molar-refractivity contribution in [1.82, 2.24) is 23.8 Å². The molecule has 2 aromatic rings. The number of fused-ring (bicyclic) bond motifs is 7. The Hall–Kier alpha value is -3.41. The van der Waals surface area contributed by atoms with Crippen LogP contribution >= 0.6 is 0 Å². The summed E-state index contributed by atoms with van der Waals surface area (Å²) in [6.07, 6.45) is 12.8. The summed E-state index contributed by atoms with van der Waals surface area (Å²) in [5.41, 5.74) is 6.52. The zero-order valence-corrected chi connectivity index (χ0v) is 28.4. The lowest BCUT2D eigenvalue weighted by molar-refractivity contribution is -0.140. The molecule has 0 spiro atoms. The molecule has 4 atom stereocenters. The maximum Gasteiger partial charge on any atom is 0.303 e. The molecule has 2 N–H and O–H groups in total. The average Bonchev–Trinajstić information content (AvgIpc) is 3.40. The zero-order chi connectivity index (χ0) is 32.6. The third kappa shape index (κ3) is 4.99. The van der Waals surface area contributed by atoms with Gasteiger partial charge in [0.15, 0.2) is 0 Å². The van der Waals surface area contributed by atoms with Gasteiger partial charge in [-0.1, -0.05) is 37.5 Å². The fraction of sp³-hybridized carbons (Fsp3) is 0.556. The number of benzene rings is 1. The summed E-state index contributed by atoms with van der Waals surface area (Å²) in [5, 5.41) is 4.56. The molecule has 11 heteroatoms. The van der Waals surface area contributed by atoms with Gasteiger partial charge in [-0.05, 0) is 78.4 Å². The van der Waals surface area contributed by atoms with Crippen molar-refractivity contribution in [2.75, 3.05) is 40.8 Å². The van der Waals surface area contributed by atoms with Crippen molar-refractivity contribution >= 4 is 32.9 Å². The summed E-state index contributed by atoms with van der Waals surface area (Å²) >= 11 is 0. The van der Waals surface area contributed by atoms with Crippen LogP contribution in [0, 0.1) is 11.8 Å². The minimum atomic E-state index is -3.98. The molecular weight excluding hydrogens is 614 g/mol. The molecule has 47 heavy (non-hydrogen) atoms. The highest BCUT2D eigenvalue weighted by Gasteiger charge is 2.49. The molecule has 1 unspecified atom stereocenters. The van der Waals surface area contributed by atoms with Crippen LogP contribution in [0.1, 0.15) is 74.5 Å². The highest BCUT2D eigenvalue weighted by Crippen LogP contribution is 2.55. The van der Waals surface area contributed by atoms with Crippen LogP contribution in [0.25, 0.3) is 10.9 Å². The molecule has 250 valence electrons. The second kappa shape index (κ2) is 11.6. The molecule has 3 aliphatic carbocycles. The van der Waals surface area contributed by atoms with Crippen LogP contribution in [0.15, 0.2) is 52.6 Å². The first-order valence-corrected chi connectivity index (χ1v) is 18.7. The highest BCUT2D eigenvalue weighted by atomic mass is 32.2. The van der Waals surface area contributed by atoms with E-state index in [4.69, 9.17) is 4.74 Å². The lowest BCUT2D eigenvalue weighted by Gasteiger charge is -2.41. The number of rotatable bonds is 6. The van der Waals surface area contributed by atoms with Crippen LogP contribution in [0.4, 0.5) is 0 Å². The van der Waals surface area contributed by atoms with E-state index in [1.165, 1.54) is 38.9 Å². The molecule has 0 bridgehead atoms. The number of hydrogen-bond donors (Lipinski definition) is 2. The van der Waals surface area contributed by atoms with Crippen molar-refractivity contribution in [3.8, 4) is 5.75 Å². The molecule has 1 aromatic carbocycles. The predicted molar refractivity (Wildman–Crippen MR) is 180 cm³/mol. The number of ether oxygens (including phenoxy) is 1. The standard InChI is InChI=1S/C36H45N5O5S/c1-39(2)47(44,45)38-35(42)33-27-20-41-28(17-26-30(46-3)15-14-23(34(26)41)21-9-5-4-6-10-21)31-24(32(27)33)12-7-13-25(31)36(43)40-16-8-11-22-18-37-19-29(22)40/h7,12,14-15,17,21-22,25,29,31,37H,4-6,8-11,13,16,18-20H2,1-3H3,(H,38,42)/t22-,25-,29+,31?/m1/s1. The molecule has 4 heterocycles. The van der Waals surface area contributed by atoms with Gasteiger partial charge in [0, 0.05) is 63.3 Å². The van der Waals surface area contributed by atoms with Crippen molar-refractivity contribution in [2.45, 2.75) is 75.8 Å². The Labute approximate surface area is 277 Å². The molecule has 6 aliphatic rings. The van der Waals surface area contributed by atoms with Crippen LogP contribution in [0.3, 0.4) is 0 Å². The molecule has 0 radical (unpaired) electrons. The highest BCUT2D eigenvalue weighted by molar-refractivity contribution is 7.87. The fourth-order valence-corrected chi connectivity index (χ4v) is 9.84. The van der Waals surface area contributed by atoms with E-state index in [1.807, 2.05) is 0 Å². The summed E-state index contributed by atoms with van der Waals surface area (Å²) in [4.78, 5) is 30.5. The maximum absolute atomic E-state index is 14.8. The van der Waals surface area contributed by atoms with Gasteiger partial charge in [0.25, 0.3) is 5.91 Å². The Kier molecular flexibility index (Phi) is 7.64. The molecule has 2 saturated heterocycles. The van der Waals surface area contributed by atoms with E-state index in [9.17, 15) is 18.0 Å².